The minimum absolute atomic E-state index is 0.0487. The third-order valence-corrected chi connectivity index (χ3v) is 5.68. The normalized spacial score (nSPS) is 13.8. The molecular weight excluding hydrogens is 326 g/mol. The molecule has 2 nitrogen and oxygen atoms in total. The molecule has 1 atom stereocenters. The fourth-order valence-electron chi connectivity index (χ4n) is 2.41. The number of carbonyl (C=O) groups is 1. The van der Waals surface area contributed by atoms with Crippen molar-refractivity contribution in [3.63, 3.8) is 0 Å². The van der Waals surface area contributed by atoms with E-state index in [1.165, 1.54) is 0 Å². The van der Waals surface area contributed by atoms with E-state index in [2.05, 4.69) is 42.0 Å². The summed E-state index contributed by atoms with van der Waals surface area (Å²) in [4.78, 5) is 12.4. The van der Waals surface area contributed by atoms with Crippen molar-refractivity contribution >= 4 is 21.8 Å². The van der Waals surface area contributed by atoms with Gasteiger partial charge < -0.3 is 5.32 Å². The lowest BCUT2D eigenvalue weighted by atomic mass is 9.83. The molecule has 0 saturated heterocycles. The van der Waals surface area contributed by atoms with Gasteiger partial charge in [-0.25, -0.2) is 0 Å². The summed E-state index contributed by atoms with van der Waals surface area (Å²) in [5.41, 5.74) is 0.697. The SMILES string of the molecule is CCCCC(C)(C)C(Br)C(=O)NC(C)(C)c1ccccc1. The number of unbranched alkanes of at least 4 members (excludes halogenated alkanes) is 1. The van der Waals surface area contributed by atoms with Gasteiger partial charge in [0.05, 0.1) is 10.4 Å². The molecule has 0 aliphatic heterocycles. The summed E-state index contributed by atoms with van der Waals surface area (Å²) >= 11 is 3.61. The van der Waals surface area contributed by atoms with Gasteiger partial charge in [-0.2, -0.15) is 0 Å². The Hall–Kier alpha value is -0.830. The van der Waals surface area contributed by atoms with Gasteiger partial charge in [0, 0.05) is 0 Å². The molecule has 1 N–H and O–H groups in total. The lowest BCUT2D eigenvalue weighted by Gasteiger charge is -2.34. The van der Waals surface area contributed by atoms with Crippen LogP contribution in [0.2, 0.25) is 0 Å². The minimum atomic E-state index is -0.370. The van der Waals surface area contributed by atoms with Gasteiger partial charge in [0.15, 0.2) is 0 Å². The third-order valence-electron chi connectivity index (χ3n) is 4.02. The highest BCUT2D eigenvalue weighted by Gasteiger charge is 2.35. The van der Waals surface area contributed by atoms with Crippen LogP contribution in [0.5, 0.6) is 0 Å². The van der Waals surface area contributed by atoms with Crippen LogP contribution in [0, 0.1) is 5.41 Å². The average Bonchev–Trinajstić information content (AvgIpc) is 2.44. The molecule has 1 unspecified atom stereocenters. The van der Waals surface area contributed by atoms with Crippen molar-refractivity contribution in [2.45, 2.75) is 64.2 Å². The van der Waals surface area contributed by atoms with Crippen LogP contribution in [0.25, 0.3) is 0 Å². The molecule has 0 radical (unpaired) electrons. The van der Waals surface area contributed by atoms with Gasteiger partial charge in [-0.05, 0) is 31.2 Å². The van der Waals surface area contributed by atoms with E-state index in [1.54, 1.807) is 0 Å². The van der Waals surface area contributed by atoms with E-state index < -0.39 is 0 Å². The topological polar surface area (TPSA) is 29.1 Å². The molecule has 0 aromatic heterocycles. The second-order valence-corrected chi connectivity index (χ2v) is 7.85. The second kappa shape index (κ2) is 7.44. The molecule has 3 heteroatoms. The van der Waals surface area contributed by atoms with Gasteiger partial charge in [0.2, 0.25) is 5.91 Å². The minimum Gasteiger partial charge on any atom is -0.346 e. The first-order valence-electron chi connectivity index (χ1n) is 7.72. The third kappa shape index (κ3) is 5.14. The van der Waals surface area contributed by atoms with Gasteiger partial charge in [-0.1, -0.05) is 79.9 Å². The van der Waals surface area contributed by atoms with Crippen molar-refractivity contribution < 1.29 is 4.79 Å². The maximum Gasteiger partial charge on any atom is 0.235 e. The predicted molar refractivity (Wildman–Crippen MR) is 93.6 cm³/mol. The van der Waals surface area contributed by atoms with E-state index in [0.29, 0.717) is 0 Å². The Kier molecular flexibility index (Phi) is 6.45. The van der Waals surface area contributed by atoms with Gasteiger partial charge in [0.1, 0.15) is 0 Å². The zero-order valence-electron chi connectivity index (χ0n) is 13.9. The van der Waals surface area contributed by atoms with E-state index in [9.17, 15) is 4.79 Å². The fraction of sp³-hybridized carbons (Fsp3) is 0.611. The van der Waals surface area contributed by atoms with Crippen molar-refractivity contribution in [1.29, 1.82) is 0 Å². The largest absolute Gasteiger partial charge is 0.346 e. The zero-order valence-corrected chi connectivity index (χ0v) is 15.5. The van der Waals surface area contributed by atoms with Crippen LogP contribution in [-0.2, 0) is 10.3 Å². The highest BCUT2D eigenvalue weighted by atomic mass is 79.9. The van der Waals surface area contributed by atoms with Crippen molar-refractivity contribution in [1.82, 2.24) is 5.32 Å². The Labute approximate surface area is 137 Å². The molecule has 0 heterocycles. The quantitative estimate of drug-likeness (QED) is 0.685. The Balaban J connectivity index is 2.76. The van der Waals surface area contributed by atoms with Crippen LogP contribution in [0.15, 0.2) is 30.3 Å². The van der Waals surface area contributed by atoms with E-state index in [0.717, 1.165) is 24.8 Å². The number of amides is 1. The van der Waals surface area contributed by atoms with Crippen molar-refractivity contribution in [3.05, 3.63) is 35.9 Å². The Bertz CT molecular complexity index is 454. The molecular formula is C18H28BrNO. The number of halogens is 1. The van der Waals surface area contributed by atoms with Crippen molar-refractivity contribution in [2.24, 2.45) is 5.41 Å². The number of nitrogens with one attached hydrogen (secondary N) is 1. The molecule has 0 fully saturated rings. The number of rotatable bonds is 7. The van der Waals surface area contributed by atoms with Gasteiger partial charge >= 0.3 is 0 Å². The molecule has 0 aliphatic carbocycles. The second-order valence-electron chi connectivity index (χ2n) is 6.93. The van der Waals surface area contributed by atoms with Crippen LogP contribution in [0.1, 0.15) is 59.4 Å². The number of benzene rings is 1. The Morgan fingerprint density at radius 1 is 1.19 bits per heavy atom. The smallest absolute Gasteiger partial charge is 0.235 e. The maximum atomic E-state index is 12.6. The molecule has 0 spiro atoms. The van der Waals surface area contributed by atoms with Crippen molar-refractivity contribution in [3.8, 4) is 0 Å². The van der Waals surface area contributed by atoms with Gasteiger partial charge in [-0.15, -0.1) is 0 Å². The standard InChI is InChI=1S/C18H28BrNO/c1-6-7-13-17(2,3)15(19)16(21)20-18(4,5)14-11-9-8-10-12-14/h8-12,15H,6-7,13H2,1-5H3,(H,20,21). The lowest BCUT2D eigenvalue weighted by Crippen LogP contribution is -2.48. The van der Waals surface area contributed by atoms with E-state index in [4.69, 9.17) is 0 Å². The first-order chi connectivity index (χ1) is 9.70. The highest BCUT2D eigenvalue weighted by molar-refractivity contribution is 9.10. The van der Waals surface area contributed by atoms with Crippen LogP contribution < -0.4 is 5.32 Å². The number of carbonyl (C=O) groups excluding carboxylic acids is 1. The molecule has 0 saturated carbocycles. The molecule has 1 aromatic rings. The molecule has 21 heavy (non-hydrogen) atoms. The number of alkyl halides is 1. The summed E-state index contributed by atoms with van der Waals surface area (Å²) in [7, 11) is 0. The Morgan fingerprint density at radius 3 is 2.29 bits per heavy atom. The fourth-order valence-corrected chi connectivity index (χ4v) is 2.76. The summed E-state index contributed by atoms with van der Waals surface area (Å²) in [5.74, 6) is 0.0601. The number of hydrogen-bond donors (Lipinski definition) is 1. The summed E-state index contributed by atoms with van der Waals surface area (Å²) in [5, 5.41) is 3.17. The zero-order chi connectivity index (χ0) is 16.1. The molecule has 0 aliphatic rings. The predicted octanol–water partition coefficient (Wildman–Crippen LogP) is 5.02. The monoisotopic (exact) mass is 353 g/mol. The molecule has 1 amide bonds. The first kappa shape index (κ1) is 18.2. The average molecular weight is 354 g/mol. The van der Waals surface area contributed by atoms with Crippen LogP contribution in [0.3, 0.4) is 0 Å². The molecule has 1 aromatic carbocycles. The van der Waals surface area contributed by atoms with E-state index >= 15 is 0 Å². The van der Waals surface area contributed by atoms with Gasteiger partial charge in [-0.3, -0.25) is 4.79 Å². The summed E-state index contributed by atoms with van der Waals surface area (Å²) in [6, 6.07) is 10.1. The van der Waals surface area contributed by atoms with E-state index in [1.807, 2.05) is 44.2 Å². The first-order valence-corrected chi connectivity index (χ1v) is 8.64. The van der Waals surface area contributed by atoms with Crippen LogP contribution in [0.4, 0.5) is 0 Å². The highest BCUT2D eigenvalue weighted by Crippen LogP contribution is 2.33. The molecule has 1 rings (SSSR count). The molecule has 0 bridgehead atoms. The Morgan fingerprint density at radius 2 is 1.76 bits per heavy atom. The van der Waals surface area contributed by atoms with Crippen LogP contribution in [-0.4, -0.2) is 10.7 Å². The van der Waals surface area contributed by atoms with Gasteiger partial charge in [0.25, 0.3) is 0 Å². The van der Waals surface area contributed by atoms with E-state index in [-0.39, 0.29) is 21.7 Å². The van der Waals surface area contributed by atoms with Crippen molar-refractivity contribution in [2.75, 3.05) is 0 Å². The molecule has 118 valence electrons. The summed E-state index contributed by atoms with van der Waals surface area (Å²) in [6.45, 7) is 10.6. The van der Waals surface area contributed by atoms with Crippen LogP contribution >= 0.6 is 15.9 Å². The summed E-state index contributed by atoms with van der Waals surface area (Å²) < 4.78 is 0. The number of hydrogen-bond acceptors (Lipinski definition) is 1. The lowest BCUT2D eigenvalue weighted by molar-refractivity contribution is -0.124. The maximum absolute atomic E-state index is 12.6. The summed E-state index contributed by atoms with van der Waals surface area (Å²) in [6.07, 6.45) is 3.34.